The lowest BCUT2D eigenvalue weighted by atomic mass is 10.1. The van der Waals surface area contributed by atoms with Crippen LogP contribution in [0.15, 0.2) is 0 Å². The molecule has 0 aromatic rings. The number of alkyl halides is 3. The lowest BCUT2D eigenvalue weighted by Crippen LogP contribution is -2.43. The van der Waals surface area contributed by atoms with E-state index in [2.05, 4.69) is 0 Å². The second kappa shape index (κ2) is 3.11. The molecule has 0 aromatic carbocycles. The van der Waals surface area contributed by atoms with E-state index in [-0.39, 0.29) is 5.92 Å². The smallest absolute Gasteiger partial charge is 0.471 e. The second-order valence-electron chi connectivity index (χ2n) is 4.39. The van der Waals surface area contributed by atoms with Crippen LogP contribution < -0.4 is 5.32 Å². The number of amides is 1. The molecule has 2 saturated carbocycles. The first kappa shape index (κ1) is 11.2. The maximum atomic E-state index is 12.0. The Labute approximate surface area is 88.8 Å². The van der Waals surface area contributed by atoms with Crippen molar-refractivity contribution in [3.05, 3.63) is 0 Å². The molecule has 4 nitrogen and oxygen atoms in total. The number of carbonyl (C=O) groups excluding carboxylic acids is 1. The third-order valence-electron chi connectivity index (χ3n) is 3.52. The normalized spacial score (nSPS) is 36.7. The van der Waals surface area contributed by atoms with Crippen LogP contribution in [0.5, 0.6) is 0 Å². The molecule has 0 aliphatic heterocycles. The third-order valence-corrected chi connectivity index (χ3v) is 3.52. The summed E-state index contributed by atoms with van der Waals surface area (Å²) < 4.78 is 35.9. The van der Waals surface area contributed by atoms with Gasteiger partial charge in [-0.15, -0.1) is 0 Å². The fourth-order valence-electron chi connectivity index (χ4n) is 2.54. The molecule has 90 valence electrons. The number of nitrogens with one attached hydrogen (secondary N) is 1. The van der Waals surface area contributed by atoms with Gasteiger partial charge in [0, 0.05) is 6.04 Å². The van der Waals surface area contributed by atoms with Crippen molar-refractivity contribution >= 4 is 11.9 Å². The van der Waals surface area contributed by atoms with Gasteiger partial charge in [0.1, 0.15) is 0 Å². The van der Waals surface area contributed by atoms with E-state index in [0.717, 1.165) is 0 Å². The van der Waals surface area contributed by atoms with E-state index in [1.54, 1.807) is 0 Å². The molecule has 2 N–H and O–H groups in total. The summed E-state index contributed by atoms with van der Waals surface area (Å²) >= 11 is 0. The Morgan fingerprint density at radius 1 is 1.38 bits per heavy atom. The summed E-state index contributed by atoms with van der Waals surface area (Å²) in [6.45, 7) is 0. The van der Waals surface area contributed by atoms with Crippen molar-refractivity contribution in [3.8, 4) is 0 Å². The van der Waals surface area contributed by atoms with E-state index < -0.39 is 29.5 Å². The van der Waals surface area contributed by atoms with Crippen molar-refractivity contribution in [2.75, 3.05) is 0 Å². The van der Waals surface area contributed by atoms with E-state index in [1.165, 1.54) is 0 Å². The Morgan fingerprint density at radius 2 is 2.00 bits per heavy atom. The quantitative estimate of drug-likeness (QED) is 0.750. The molecule has 3 unspecified atom stereocenters. The Morgan fingerprint density at radius 3 is 2.38 bits per heavy atom. The summed E-state index contributed by atoms with van der Waals surface area (Å²) in [5.41, 5.74) is -0.871. The molecule has 2 fully saturated rings. The van der Waals surface area contributed by atoms with Gasteiger partial charge in [-0.1, -0.05) is 0 Å². The lowest BCUT2D eigenvalue weighted by Gasteiger charge is -2.14. The zero-order chi connectivity index (χ0) is 12.1. The number of aliphatic carboxylic acids is 1. The molecule has 0 heterocycles. The molecule has 0 radical (unpaired) electrons. The molecule has 3 atom stereocenters. The summed E-state index contributed by atoms with van der Waals surface area (Å²) in [7, 11) is 0. The number of halogens is 3. The standard InChI is InChI=1S/C9H10F3NO3/c10-9(11,12)6(14)13-5-1-2-8(7(15)16)3-4(5)8/h4-5H,1-3H2,(H,13,14)(H,15,16). The predicted molar refractivity (Wildman–Crippen MR) is 45.4 cm³/mol. The Balaban J connectivity index is 1.97. The summed E-state index contributed by atoms with van der Waals surface area (Å²) in [6, 6.07) is -0.648. The van der Waals surface area contributed by atoms with Gasteiger partial charge in [0.05, 0.1) is 5.41 Å². The Bertz CT molecular complexity index is 354. The number of rotatable bonds is 2. The van der Waals surface area contributed by atoms with E-state index in [0.29, 0.717) is 19.3 Å². The summed E-state index contributed by atoms with van der Waals surface area (Å²) in [6.07, 6.45) is -3.89. The second-order valence-corrected chi connectivity index (χ2v) is 4.39. The highest BCUT2D eigenvalue weighted by Gasteiger charge is 2.67. The molecule has 2 aliphatic rings. The van der Waals surface area contributed by atoms with Crippen LogP contribution in [0.1, 0.15) is 19.3 Å². The molecule has 2 rings (SSSR count). The number of fused-ring (bicyclic) bond motifs is 1. The maximum Gasteiger partial charge on any atom is 0.471 e. The number of hydrogen-bond donors (Lipinski definition) is 2. The first-order valence-corrected chi connectivity index (χ1v) is 4.88. The zero-order valence-electron chi connectivity index (χ0n) is 8.17. The van der Waals surface area contributed by atoms with Crippen LogP contribution in [0.3, 0.4) is 0 Å². The van der Waals surface area contributed by atoms with Gasteiger partial charge in [0.25, 0.3) is 0 Å². The molecule has 0 bridgehead atoms. The van der Waals surface area contributed by atoms with Crippen molar-refractivity contribution < 1.29 is 27.9 Å². The zero-order valence-corrected chi connectivity index (χ0v) is 8.17. The maximum absolute atomic E-state index is 12.0. The van der Waals surface area contributed by atoms with Gasteiger partial charge in [0.15, 0.2) is 0 Å². The number of hydrogen-bond acceptors (Lipinski definition) is 2. The van der Waals surface area contributed by atoms with Crippen LogP contribution >= 0.6 is 0 Å². The first-order chi connectivity index (χ1) is 7.27. The largest absolute Gasteiger partial charge is 0.481 e. The summed E-state index contributed by atoms with van der Waals surface area (Å²) in [4.78, 5) is 21.5. The predicted octanol–water partition coefficient (Wildman–Crippen LogP) is 0.918. The minimum absolute atomic E-state index is 0.304. The number of carboxylic acid groups (broad SMARTS) is 1. The van der Waals surface area contributed by atoms with E-state index in [1.807, 2.05) is 5.32 Å². The average Bonchev–Trinajstić information content (AvgIpc) is 2.79. The average molecular weight is 237 g/mol. The summed E-state index contributed by atoms with van der Waals surface area (Å²) in [5, 5.41) is 10.8. The molecule has 16 heavy (non-hydrogen) atoms. The number of carboxylic acids is 1. The minimum atomic E-state index is -4.90. The monoisotopic (exact) mass is 237 g/mol. The van der Waals surface area contributed by atoms with Gasteiger partial charge in [-0.2, -0.15) is 13.2 Å². The van der Waals surface area contributed by atoms with Gasteiger partial charge in [-0.3, -0.25) is 9.59 Å². The van der Waals surface area contributed by atoms with E-state index >= 15 is 0 Å². The van der Waals surface area contributed by atoms with Crippen LogP contribution in [0, 0.1) is 11.3 Å². The third kappa shape index (κ3) is 1.54. The highest BCUT2D eigenvalue weighted by molar-refractivity contribution is 5.83. The molecular formula is C9H10F3NO3. The Kier molecular flexibility index (Phi) is 2.18. The van der Waals surface area contributed by atoms with Crippen molar-refractivity contribution in [3.63, 3.8) is 0 Å². The van der Waals surface area contributed by atoms with Crippen LogP contribution in [-0.4, -0.2) is 29.2 Å². The van der Waals surface area contributed by atoms with Crippen molar-refractivity contribution in [2.24, 2.45) is 11.3 Å². The van der Waals surface area contributed by atoms with E-state index in [4.69, 9.17) is 5.11 Å². The fraction of sp³-hybridized carbons (Fsp3) is 0.778. The molecule has 0 saturated heterocycles. The van der Waals surface area contributed by atoms with Crippen molar-refractivity contribution in [1.82, 2.24) is 5.32 Å². The lowest BCUT2D eigenvalue weighted by molar-refractivity contribution is -0.174. The van der Waals surface area contributed by atoms with Crippen molar-refractivity contribution in [1.29, 1.82) is 0 Å². The van der Waals surface area contributed by atoms with E-state index in [9.17, 15) is 22.8 Å². The van der Waals surface area contributed by atoms with Gasteiger partial charge in [0.2, 0.25) is 0 Å². The Hall–Kier alpha value is -1.27. The van der Waals surface area contributed by atoms with Gasteiger partial charge >= 0.3 is 18.1 Å². The number of carbonyl (C=O) groups is 2. The fourth-order valence-corrected chi connectivity index (χ4v) is 2.54. The van der Waals surface area contributed by atoms with Crippen LogP contribution in [0.25, 0.3) is 0 Å². The highest BCUT2D eigenvalue weighted by atomic mass is 19.4. The van der Waals surface area contributed by atoms with Gasteiger partial charge in [-0.25, -0.2) is 0 Å². The molecule has 2 aliphatic carbocycles. The molecule has 7 heteroatoms. The SMILES string of the molecule is O=C(NC1CCC2(C(=O)O)CC12)C(F)(F)F. The van der Waals surface area contributed by atoms with Crippen LogP contribution in [0.2, 0.25) is 0 Å². The molecule has 0 aromatic heterocycles. The van der Waals surface area contributed by atoms with Gasteiger partial charge < -0.3 is 10.4 Å². The molecule has 1 amide bonds. The topological polar surface area (TPSA) is 66.4 Å². The van der Waals surface area contributed by atoms with Crippen LogP contribution in [0.4, 0.5) is 13.2 Å². The molecular weight excluding hydrogens is 227 g/mol. The summed E-state index contributed by atoms with van der Waals surface area (Å²) in [5.74, 6) is -3.29. The van der Waals surface area contributed by atoms with Crippen LogP contribution in [-0.2, 0) is 9.59 Å². The molecule has 0 spiro atoms. The minimum Gasteiger partial charge on any atom is -0.481 e. The van der Waals surface area contributed by atoms with Crippen molar-refractivity contribution in [2.45, 2.75) is 31.5 Å². The highest BCUT2D eigenvalue weighted by Crippen LogP contribution is 2.63. The first-order valence-electron chi connectivity index (χ1n) is 4.88. The van der Waals surface area contributed by atoms with Gasteiger partial charge in [-0.05, 0) is 25.2 Å².